The lowest BCUT2D eigenvalue weighted by molar-refractivity contribution is -0.129. The van der Waals surface area contributed by atoms with E-state index in [2.05, 4.69) is 27.5 Å². The molecule has 1 aliphatic carbocycles. The van der Waals surface area contributed by atoms with Crippen molar-refractivity contribution in [2.24, 2.45) is 5.92 Å². The number of hydrogen-bond acceptors (Lipinski definition) is 6. The SMILES string of the molecule is C=C(C#N)C(=O)NC[C@@H](NC(=O)[C@H](Cc1nc2ccc(Cl)cc2s1)NC(=O)CC)C1CCCCC1. The lowest BCUT2D eigenvalue weighted by Gasteiger charge is -2.32. The summed E-state index contributed by atoms with van der Waals surface area (Å²) in [6, 6.07) is 6.03. The molecule has 1 aromatic heterocycles. The van der Waals surface area contributed by atoms with Crippen molar-refractivity contribution >= 4 is 50.9 Å². The van der Waals surface area contributed by atoms with Gasteiger partial charge in [-0.2, -0.15) is 5.26 Å². The van der Waals surface area contributed by atoms with Crippen LogP contribution in [0.3, 0.4) is 0 Å². The maximum Gasteiger partial charge on any atom is 0.261 e. The van der Waals surface area contributed by atoms with Crippen LogP contribution in [0.4, 0.5) is 0 Å². The van der Waals surface area contributed by atoms with Gasteiger partial charge in [0.25, 0.3) is 5.91 Å². The van der Waals surface area contributed by atoms with Gasteiger partial charge >= 0.3 is 0 Å². The highest BCUT2D eigenvalue weighted by molar-refractivity contribution is 7.18. The predicted molar refractivity (Wildman–Crippen MR) is 137 cm³/mol. The molecule has 10 heteroatoms. The number of carbonyl (C=O) groups is 3. The Morgan fingerprint density at radius 3 is 2.69 bits per heavy atom. The Balaban J connectivity index is 1.76. The average molecular weight is 516 g/mol. The Kier molecular flexibility index (Phi) is 9.64. The van der Waals surface area contributed by atoms with Crippen LogP contribution in [-0.4, -0.2) is 41.3 Å². The van der Waals surface area contributed by atoms with Gasteiger partial charge in [0.1, 0.15) is 17.7 Å². The number of nitrogens with zero attached hydrogens (tertiary/aromatic N) is 2. The summed E-state index contributed by atoms with van der Waals surface area (Å²) >= 11 is 7.52. The van der Waals surface area contributed by atoms with E-state index in [-0.39, 0.29) is 48.7 Å². The highest BCUT2D eigenvalue weighted by Gasteiger charge is 2.30. The number of aromatic nitrogens is 1. The first-order valence-corrected chi connectivity index (χ1v) is 13.0. The van der Waals surface area contributed by atoms with Crippen molar-refractivity contribution in [3.05, 3.63) is 40.4 Å². The molecule has 1 saturated carbocycles. The summed E-state index contributed by atoms with van der Waals surface area (Å²) in [5.41, 5.74) is 0.610. The molecular formula is C25H30ClN5O3S. The summed E-state index contributed by atoms with van der Waals surface area (Å²) in [6.45, 7) is 5.36. The summed E-state index contributed by atoms with van der Waals surface area (Å²) in [6.07, 6.45) is 5.61. The highest BCUT2D eigenvalue weighted by atomic mass is 35.5. The molecule has 3 rings (SSSR count). The van der Waals surface area contributed by atoms with Crippen LogP contribution < -0.4 is 16.0 Å². The number of rotatable bonds is 10. The van der Waals surface area contributed by atoms with E-state index < -0.39 is 11.9 Å². The molecule has 0 spiro atoms. The Bertz CT molecular complexity index is 1140. The van der Waals surface area contributed by atoms with Crippen molar-refractivity contribution in [1.82, 2.24) is 20.9 Å². The number of nitrogens with one attached hydrogen (secondary N) is 3. The van der Waals surface area contributed by atoms with Crippen LogP contribution >= 0.6 is 22.9 Å². The molecule has 1 heterocycles. The first-order valence-electron chi connectivity index (χ1n) is 11.8. The second-order valence-electron chi connectivity index (χ2n) is 8.71. The lowest BCUT2D eigenvalue weighted by atomic mass is 9.83. The fourth-order valence-electron chi connectivity index (χ4n) is 4.23. The summed E-state index contributed by atoms with van der Waals surface area (Å²) in [5, 5.41) is 18.8. The van der Waals surface area contributed by atoms with E-state index in [4.69, 9.17) is 16.9 Å². The largest absolute Gasteiger partial charge is 0.350 e. The minimum atomic E-state index is -0.811. The molecule has 2 atom stereocenters. The van der Waals surface area contributed by atoms with Gasteiger partial charge in [0.15, 0.2) is 0 Å². The van der Waals surface area contributed by atoms with E-state index in [1.807, 2.05) is 12.1 Å². The second-order valence-corrected chi connectivity index (χ2v) is 10.3. The summed E-state index contributed by atoms with van der Waals surface area (Å²) in [7, 11) is 0. The Labute approximate surface area is 214 Å². The second kappa shape index (κ2) is 12.7. The van der Waals surface area contributed by atoms with Crippen LogP contribution in [0.5, 0.6) is 0 Å². The van der Waals surface area contributed by atoms with E-state index in [9.17, 15) is 14.4 Å². The number of halogens is 1. The van der Waals surface area contributed by atoms with E-state index in [0.29, 0.717) is 10.0 Å². The molecule has 0 bridgehead atoms. The van der Waals surface area contributed by atoms with Gasteiger partial charge in [0.2, 0.25) is 11.8 Å². The van der Waals surface area contributed by atoms with Gasteiger partial charge < -0.3 is 16.0 Å². The van der Waals surface area contributed by atoms with Crippen LogP contribution in [-0.2, 0) is 20.8 Å². The Morgan fingerprint density at radius 2 is 2.00 bits per heavy atom. The molecule has 0 radical (unpaired) electrons. The van der Waals surface area contributed by atoms with E-state index >= 15 is 0 Å². The molecule has 0 saturated heterocycles. The van der Waals surface area contributed by atoms with Crippen LogP contribution in [0.15, 0.2) is 30.4 Å². The van der Waals surface area contributed by atoms with Gasteiger partial charge in [-0.25, -0.2) is 4.98 Å². The lowest BCUT2D eigenvalue weighted by Crippen LogP contribution is -2.55. The Morgan fingerprint density at radius 1 is 1.26 bits per heavy atom. The molecule has 0 aliphatic heterocycles. The van der Waals surface area contributed by atoms with Gasteiger partial charge in [0, 0.05) is 30.5 Å². The maximum absolute atomic E-state index is 13.4. The van der Waals surface area contributed by atoms with E-state index in [0.717, 1.165) is 42.3 Å². The molecule has 3 amide bonds. The van der Waals surface area contributed by atoms with Crippen molar-refractivity contribution in [2.75, 3.05) is 6.54 Å². The number of nitriles is 1. The van der Waals surface area contributed by atoms with Crippen molar-refractivity contribution in [3.63, 3.8) is 0 Å². The van der Waals surface area contributed by atoms with Gasteiger partial charge in [-0.1, -0.05) is 44.4 Å². The molecule has 0 unspecified atom stereocenters. The Hall–Kier alpha value is -2.96. The predicted octanol–water partition coefficient (Wildman–Crippen LogP) is 3.65. The number of thiazole rings is 1. The number of hydrogen-bond donors (Lipinski definition) is 3. The molecular weight excluding hydrogens is 486 g/mol. The monoisotopic (exact) mass is 515 g/mol. The zero-order valence-electron chi connectivity index (χ0n) is 19.7. The van der Waals surface area contributed by atoms with E-state index in [1.165, 1.54) is 11.3 Å². The van der Waals surface area contributed by atoms with Crippen molar-refractivity contribution in [3.8, 4) is 6.07 Å². The number of benzene rings is 1. The highest BCUT2D eigenvalue weighted by Crippen LogP contribution is 2.28. The van der Waals surface area contributed by atoms with Crippen molar-refractivity contribution < 1.29 is 14.4 Å². The zero-order valence-corrected chi connectivity index (χ0v) is 21.3. The number of carbonyl (C=O) groups excluding carboxylic acids is 3. The minimum Gasteiger partial charge on any atom is -0.350 e. The van der Waals surface area contributed by atoms with Gasteiger partial charge in [0.05, 0.1) is 15.2 Å². The van der Waals surface area contributed by atoms with Crippen LogP contribution in [0.1, 0.15) is 50.5 Å². The fraction of sp³-hybridized carbons (Fsp3) is 0.480. The standard InChI is InChI=1S/C25H30ClN5O3S/c1-3-22(32)29-19(12-23-30-18-10-9-17(26)11-21(18)35-23)25(34)31-20(16-7-5-4-6-8-16)14-28-24(33)15(2)13-27/h9-11,16,19-20H,2-8,12,14H2,1H3,(H,28,33)(H,29,32)(H,31,34)/t19-,20+/m0/s1. The van der Waals surface area contributed by atoms with Gasteiger partial charge in [-0.15, -0.1) is 11.3 Å². The van der Waals surface area contributed by atoms with Crippen LogP contribution in [0.2, 0.25) is 5.02 Å². The first kappa shape index (κ1) is 26.6. The molecule has 1 fully saturated rings. The van der Waals surface area contributed by atoms with Gasteiger partial charge in [-0.05, 0) is 37.0 Å². The molecule has 8 nitrogen and oxygen atoms in total. The summed E-state index contributed by atoms with van der Waals surface area (Å²) in [5.74, 6) is -0.919. The van der Waals surface area contributed by atoms with Crippen molar-refractivity contribution in [2.45, 2.75) is 64.0 Å². The normalized spacial score (nSPS) is 15.6. The van der Waals surface area contributed by atoms with Crippen molar-refractivity contribution in [1.29, 1.82) is 5.26 Å². The molecule has 1 aromatic carbocycles. The molecule has 186 valence electrons. The molecule has 2 aromatic rings. The zero-order chi connectivity index (χ0) is 25.4. The molecule has 3 N–H and O–H groups in total. The first-order chi connectivity index (χ1) is 16.8. The number of amides is 3. The quantitative estimate of drug-likeness (QED) is 0.329. The smallest absolute Gasteiger partial charge is 0.261 e. The third-order valence-electron chi connectivity index (χ3n) is 6.18. The third kappa shape index (κ3) is 7.51. The fourth-order valence-corrected chi connectivity index (χ4v) is 5.52. The van der Waals surface area contributed by atoms with Gasteiger partial charge in [-0.3, -0.25) is 14.4 Å². The molecule has 1 aliphatic rings. The maximum atomic E-state index is 13.4. The topological polar surface area (TPSA) is 124 Å². The molecule has 35 heavy (non-hydrogen) atoms. The van der Waals surface area contributed by atoms with E-state index in [1.54, 1.807) is 19.1 Å². The summed E-state index contributed by atoms with van der Waals surface area (Å²) < 4.78 is 0.911. The third-order valence-corrected chi connectivity index (χ3v) is 7.46. The summed E-state index contributed by atoms with van der Waals surface area (Å²) in [4.78, 5) is 42.3. The average Bonchev–Trinajstić information content (AvgIpc) is 3.26. The van der Waals surface area contributed by atoms with Crippen LogP contribution in [0.25, 0.3) is 10.2 Å². The minimum absolute atomic E-state index is 0.178. The number of fused-ring (bicyclic) bond motifs is 1. The van der Waals surface area contributed by atoms with Crippen LogP contribution in [0, 0.1) is 17.2 Å².